The van der Waals surface area contributed by atoms with Gasteiger partial charge in [0, 0.05) is 24.3 Å². The quantitative estimate of drug-likeness (QED) is 0.105. The summed E-state index contributed by atoms with van der Waals surface area (Å²) in [7, 11) is 4.08. The largest absolute Gasteiger partial charge is 0.481 e. The highest BCUT2D eigenvalue weighted by molar-refractivity contribution is 8.76. The smallest absolute Gasteiger partial charge is 0.303 e. The van der Waals surface area contributed by atoms with E-state index in [1.165, 1.54) is 101 Å². The van der Waals surface area contributed by atoms with Gasteiger partial charge in [-0.15, -0.1) is 0 Å². The molecule has 0 saturated heterocycles. The molecule has 0 bridgehead atoms. The molecule has 0 unspecified atom stereocenters. The minimum atomic E-state index is -0.666. The van der Waals surface area contributed by atoms with Gasteiger partial charge in [-0.3, -0.25) is 9.59 Å². The van der Waals surface area contributed by atoms with Crippen LogP contribution in [0, 0.1) is 0 Å². The van der Waals surface area contributed by atoms with E-state index in [2.05, 4.69) is 0 Å². The summed E-state index contributed by atoms with van der Waals surface area (Å²) in [5.74, 6) is 1.23. The van der Waals surface area contributed by atoms with Crippen molar-refractivity contribution in [2.24, 2.45) is 0 Å². The van der Waals surface area contributed by atoms with E-state index in [1.54, 1.807) is 0 Å². The maximum absolute atomic E-state index is 10.4. The molecular weight excluding hydrogens is 416 g/mol. The second-order valence-electron chi connectivity index (χ2n) is 8.30. The second kappa shape index (κ2) is 24.9. The Labute approximate surface area is 193 Å². The molecule has 0 rings (SSSR count). The lowest BCUT2D eigenvalue weighted by atomic mass is 10.1. The zero-order chi connectivity index (χ0) is 22.1. The summed E-state index contributed by atoms with van der Waals surface area (Å²) in [5, 5.41) is 17.2. The lowest BCUT2D eigenvalue weighted by molar-refractivity contribution is -0.138. The summed E-state index contributed by atoms with van der Waals surface area (Å²) in [4.78, 5) is 20.8. The average molecular weight is 463 g/mol. The predicted molar refractivity (Wildman–Crippen MR) is 133 cm³/mol. The Morgan fingerprint density at radius 2 is 0.633 bits per heavy atom. The summed E-state index contributed by atoms with van der Waals surface area (Å²) >= 11 is 0. The van der Waals surface area contributed by atoms with Crippen molar-refractivity contribution in [2.75, 3.05) is 11.5 Å². The van der Waals surface area contributed by atoms with Crippen molar-refractivity contribution in [3.8, 4) is 0 Å². The number of carboxylic acid groups (broad SMARTS) is 2. The Balaban J connectivity index is 3.02. The topological polar surface area (TPSA) is 74.6 Å². The van der Waals surface area contributed by atoms with Gasteiger partial charge in [0.15, 0.2) is 0 Å². The van der Waals surface area contributed by atoms with Crippen molar-refractivity contribution >= 4 is 33.5 Å². The molecule has 178 valence electrons. The molecule has 0 aromatic carbocycles. The number of aliphatic carboxylic acids is 2. The zero-order valence-corrected chi connectivity index (χ0v) is 20.7. The molecule has 0 aliphatic heterocycles. The SMILES string of the molecule is O=C(O)CCCCCCCCCCCSSCCCCCCCCCCCC(=O)O. The van der Waals surface area contributed by atoms with Gasteiger partial charge in [-0.05, 0) is 25.7 Å². The standard InChI is InChI=1S/C24H46O4S2/c25-23(26)19-15-11-7-3-1-5-9-13-17-21-29-30-22-18-14-10-6-2-4-8-12-16-20-24(27)28/h1-22H2,(H,25,26)(H,27,28). The molecule has 0 atom stereocenters. The third-order valence-corrected chi connectivity index (χ3v) is 7.90. The average Bonchev–Trinajstić information content (AvgIpc) is 2.70. The highest BCUT2D eigenvalue weighted by Crippen LogP contribution is 2.25. The van der Waals surface area contributed by atoms with Crippen LogP contribution in [0.1, 0.15) is 128 Å². The normalized spacial score (nSPS) is 11.1. The van der Waals surface area contributed by atoms with Crippen LogP contribution < -0.4 is 0 Å². The van der Waals surface area contributed by atoms with Gasteiger partial charge in [-0.1, -0.05) is 111 Å². The maximum Gasteiger partial charge on any atom is 0.303 e. The van der Waals surface area contributed by atoms with Crippen molar-refractivity contribution in [1.82, 2.24) is 0 Å². The van der Waals surface area contributed by atoms with E-state index in [4.69, 9.17) is 10.2 Å². The molecule has 0 fully saturated rings. The van der Waals surface area contributed by atoms with Crippen molar-refractivity contribution < 1.29 is 19.8 Å². The molecule has 4 nitrogen and oxygen atoms in total. The Morgan fingerprint density at radius 3 is 0.900 bits per heavy atom. The van der Waals surface area contributed by atoms with Gasteiger partial charge in [-0.2, -0.15) is 0 Å². The number of hydrogen-bond donors (Lipinski definition) is 2. The van der Waals surface area contributed by atoms with Crippen LogP contribution >= 0.6 is 21.6 Å². The van der Waals surface area contributed by atoms with Crippen molar-refractivity contribution in [3.63, 3.8) is 0 Å². The Hall–Kier alpha value is -0.360. The summed E-state index contributed by atoms with van der Waals surface area (Å²) in [6.07, 6.45) is 22.7. The first-order chi connectivity index (χ1) is 14.6. The fourth-order valence-corrected chi connectivity index (χ4v) is 5.76. The number of hydrogen-bond acceptors (Lipinski definition) is 4. The van der Waals surface area contributed by atoms with E-state index in [-0.39, 0.29) is 0 Å². The fourth-order valence-electron chi connectivity index (χ4n) is 3.47. The molecule has 0 radical (unpaired) electrons. The summed E-state index contributed by atoms with van der Waals surface area (Å²) in [6, 6.07) is 0. The summed E-state index contributed by atoms with van der Waals surface area (Å²) in [6.45, 7) is 0. The maximum atomic E-state index is 10.4. The lowest BCUT2D eigenvalue weighted by Crippen LogP contribution is -1.93. The first-order valence-corrected chi connectivity index (χ1v) is 14.8. The monoisotopic (exact) mass is 462 g/mol. The minimum absolute atomic E-state index is 0.328. The minimum Gasteiger partial charge on any atom is -0.481 e. The van der Waals surface area contributed by atoms with Gasteiger partial charge < -0.3 is 10.2 Å². The molecule has 0 aliphatic rings. The van der Waals surface area contributed by atoms with Crippen LogP contribution in [0.4, 0.5) is 0 Å². The molecule has 0 heterocycles. The van der Waals surface area contributed by atoms with Gasteiger partial charge in [0.25, 0.3) is 0 Å². The molecule has 0 aromatic heterocycles. The van der Waals surface area contributed by atoms with E-state index in [1.807, 2.05) is 21.6 Å². The Bertz CT molecular complexity index is 355. The molecule has 0 spiro atoms. The number of unbranched alkanes of at least 4 members (excludes halogenated alkanes) is 16. The second-order valence-corrected chi connectivity index (χ2v) is 11.0. The molecule has 0 saturated carbocycles. The van der Waals surface area contributed by atoms with E-state index >= 15 is 0 Å². The van der Waals surface area contributed by atoms with Crippen LogP contribution in [0.5, 0.6) is 0 Å². The zero-order valence-electron chi connectivity index (χ0n) is 19.1. The first kappa shape index (κ1) is 29.6. The van der Waals surface area contributed by atoms with Crippen molar-refractivity contribution in [2.45, 2.75) is 128 Å². The van der Waals surface area contributed by atoms with E-state index in [9.17, 15) is 9.59 Å². The Kier molecular flexibility index (Phi) is 24.6. The number of carboxylic acids is 2. The molecule has 0 aromatic rings. The van der Waals surface area contributed by atoms with Gasteiger partial charge in [0.1, 0.15) is 0 Å². The summed E-state index contributed by atoms with van der Waals surface area (Å²) in [5.41, 5.74) is 0. The van der Waals surface area contributed by atoms with Gasteiger partial charge >= 0.3 is 11.9 Å². The van der Waals surface area contributed by atoms with Crippen molar-refractivity contribution in [3.05, 3.63) is 0 Å². The molecule has 0 amide bonds. The van der Waals surface area contributed by atoms with E-state index in [0.29, 0.717) is 12.8 Å². The molecule has 2 N–H and O–H groups in total. The number of carbonyl (C=O) groups is 2. The molecule has 6 heteroatoms. The Morgan fingerprint density at radius 1 is 0.400 bits per heavy atom. The number of rotatable bonds is 25. The van der Waals surface area contributed by atoms with Crippen LogP contribution in [-0.2, 0) is 9.59 Å². The van der Waals surface area contributed by atoms with Crippen LogP contribution in [-0.4, -0.2) is 33.7 Å². The van der Waals surface area contributed by atoms with Crippen LogP contribution in [0.15, 0.2) is 0 Å². The lowest BCUT2D eigenvalue weighted by Gasteiger charge is -2.04. The predicted octanol–water partition coefficient (Wildman–Crippen LogP) is 8.34. The van der Waals surface area contributed by atoms with Gasteiger partial charge in [-0.25, -0.2) is 0 Å². The van der Waals surface area contributed by atoms with E-state index < -0.39 is 11.9 Å². The van der Waals surface area contributed by atoms with Crippen LogP contribution in [0.3, 0.4) is 0 Å². The third kappa shape index (κ3) is 27.6. The first-order valence-electron chi connectivity index (χ1n) is 12.3. The van der Waals surface area contributed by atoms with Crippen molar-refractivity contribution in [1.29, 1.82) is 0 Å². The highest BCUT2D eigenvalue weighted by atomic mass is 33.1. The van der Waals surface area contributed by atoms with Gasteiger partial charge in [0.05, 0.1) is 0 Å². The highest BCUT2D eigenvalue weighted by Gasteiger charge is 1.98. The molecule has 0 aliphatic carbocycles. The van der Waals surface area contributed by atoms with E-state index in [0.717, 1.165) is 25.7 Å². The summed E-state index contributed by atoms with van der Waals surface area (Å²) < 4.78 is 0. The molecule has 30 heavy (non-hydrogen) atoms. The molecular formula is C24H46O4S2. The third-order valence-electron chi connectivity index (χ3n) is 5.32. The van der Waals surface area contributed by atoms with Crippen LogP contribution in [0.2, 0.25) is 0 Å². The fraction of sp³-hybridized carbons (Fsp3) is 0.917. The van der Waals surface area contributed by atoms with Crippen LogP contribution in [0.25, 0.3) is 0 Å². The van der Waals surface area contributed by atoms with Gasteiger partial charge in [0.2, 0.25) is 0 Å².